The van der Waals surface area contributed by atoms with E-state index in [1.165, 1.54) is 22.4 Å². The molecule has 3 rings (SSSR count). The van der Waals surface area contributed by atoms with Crippen LogP contribution < -0.4 is 0 Å². The molecule has 28 heavy (non-hydrogen) atoms. The maximum atomic E-state index is 9.63. The van der Waals surface area contributed by atoms with E-state index in [4.69, 9.17) is 5.10 Å². The minimum atomic E-state index is 0.242. The van der Waals surface area contributed by atoms with Crippen molar-refractivity contribution in [2.75, 3.05) is 26.2 Å². The Bertz CT molecular complexity index is 783. The summed E-state index contributed by atoms with van der Waals surface area (Å²) in [4.78, 5) is 5.09. The van der Waals surface area contributed by atoms with E-state index in [2.05, 4.69) is 73.4 Å². The van der Waals surface area contributed by atoms with Gasteiger partial charge in [0.1, 0.15) is 0 Å². The van der Waals surface area contributed by atoms with Crippen LogP contribution in [0.1, 0.15) is 54.4 Å². The van der Waals surface area contributed by atoms with E-state index in [9.17, 15) is 5.11 Å². The molecule has 0 spiro atoms. The third-order valence-electron chi connectivity index (χ3n) is 6.13. The minimum Gasteiger partial charge on any atom is -0.396 e. The van der Waals surface area contributed by atoms with Crippen LogP contribution in [0.4, 0.5) is 0 Å². The van der Waals surface area contributed by atoms with Crippen molar-refractivity contribution in [3.63, 3.8) is 0 Å². The summed E-state index contributed by atoms with van der Waals surface area (Å²) >= 11 is 0. The third-order valence-corrected chi connectivity index (χ3v) is 6.13. The second-order valence-corrected chi connectivity index (χ2v) is 8.49. The summed E-state index contributed by atoms with van der Waals surface area (Å²) in [5.41, 5.74) is 6.54. The molecule has 1 unspecified atom stereocenters. The van der Waals surface area contributed by atoms with Crippen LogP contribution in [0.2, 0.25) is 0 Å². The number of aliphatic hydroxyl groups is 1. The molecule has 2 aromatic rings. The first kappa shape index (κ1) is 21.0. The average molecular weight is 385 g/mol. The zero-order valence-corrected chi connectivity index (χ0v) is 18.1. The van der Waals surface area contributed by atoms with Gasteiger partial charge in [0.05, 0.1) is 5.69 Å². The Kier molecular flexibility index (Phi) is 6.91. The smallest absolute Gasteiger partial charge is 0.0641 e. The highest BCUT2D eigenvalue weighted by molar-refractivity contribution is 5.26. The van der Waals surface area contributed by atoms with E-state index in [1.54, 1.807) is 0 Å². The Morgan fingerprint density at radius 1 is 1.11 bits per heavy atom. The van der Waals surface area contributed by atoms with E-state index >= 15 is 0 Å². The maximum Gasteiger partial charge on any atom is 0.0641 e. The molecule has 0 amide bonds. The zero-order valence-electron chi connectivity index (χ0n) is 18.1. The van der Waals surface area contributed by atoms with Crippen LogP contribution in [-0.2, 0) is 13.1 Å². The largest absolute Gasteiger partial charge is 0.396 e. The van der Waals surface area contributed by atoms with Crippen LogP contribution in [0.3, 0.4) is 0 Å². The number of rotatable bonds is 7. The summed E-state index contributed by atoms with van der Waals surface area (Å²) in [6, 6.07) is 9.41. The van der Waals surface area contributed by atoms with Gasteiger partial charge >= 0.3 is 0 Å². The average Bonchev–Trinajstić information content (AvgIpc) is 2.94. The van der Waals surface area contributed by atoms with Gasteiger partial charge in [0, 0.05) is 62.7 Å². The molecule has 1 aliphatic rings. The summed E-state index contributed by atoms with van der Waals surface area (Å²) < 4.78 is 2.14. The number of aryl methyl sites for hydroxylation is 2. The number of piperazine rings is 1. The van der Waals surface area contributed by atoms with Gasteiger partial charge in [-0.3, -0.25) is 14.5 Å². The molecule has 0 saturated carbocycles. The normalized spacial score (nSPS) is 18.9. The van der Waals surface area contributed by atoms with Gasteiger partial charge in [-0.25, -0.2) is 0 Å². The summed E-state index contributed by atoms with van der Waals surface area (Å²) in [6.45, 7) is 16.1. The predicted molar refractivity (Wildman–Crippen MR) is 114 cm³/mol. The van der Waals surface area contributed by atoms with Crippen molar-refractivity contribution in [1.82, 2.24) is 19.6 Å². The molecular formula is C23H36N4O. The molecule has 1 aromatic carbocycles. The SMILES string of the molecule is Cc1ccccc1CN1CCN(Cc2c(C)nn(C(C)C)c2C)CC1CCO. The van der Waals surface area contributed by atoms with E-state index in [0.717, 1.165) is 44.8 Å². The molecule has 154 valence electrons. The van der Waals surface area contributed by atoms with Crippen LogP contribution in [0, 0.1) is 20.8 Å². The van der Waals surface area contributed by atoms with Gasteiger partial charge in [-0.15, -0.1) is 0 Å². The summed E-state index contributed by atoms with van der Waals surface area (Å²) in [5, 5.41) is 14.4. The van der Waals surface area contributed by atoms with Gasteiger partial charge < -0.3 is 5.11 Å². The first-order chi connectivity index (χ1) is 13.4. The Hall–Kier alpha value is -1.69. The molecule has 5 nitrogen and oxygen atoms in total. The predicted octanol–water partition coefficient (Wildman–Crippen LogP) is 3.46. The van der Waals surface area contributed by atoms with Gasteiger partial charge in [0.2, 0.25) is 0 Å². The molecule has 1 aromatic heterocycles. The molecule has 1 atom stereocenters. The zero-order chi connectivity index (χ0) is 20.3. The Morgan fingerprint density at radius 2 is 1.86 bits per heavy atom. The van der Waals surface area contributed by atoms with E-state index in [0.29, 0.717) is 12.1 Å². The van der Waals surface area contributed by atoms with Gasteiger partial charge in [-0.2, -0.15) is 5.10 Å². The molecule has 0 radical (unpaired) electrons. The number of benzene rings is 1. The molecule has 0 bridgehead atoms. The van der Waals surface area contributed by atoms with Crippen molar-refractivity contribution in [3.05, 3.63) is 52.3 Å². The second kappa shape index (κ2) is 9.21. The van der Waals surface area contributed by atoms with Gasteiger partial charge in [0.25, 0.3) is 0 Å². The quantitative estimate of drug-likeness (QED) is 0.794. The molecule has 5 heteroatoms. The summed E-state index contributed by atoms with van der Waals surface area (Å²) in [6.07, 6.45) is 0.825. The topological polar surface area (TPSA) is 44.5 Å². The molecule has 2 heterocycles. The highest BCUT2D eigenvalue weighted by Gasteiger charge is 2.28. The number of hydrogen-bond acceptors (Lipinski definition) is 4. The molecule has 1 saturated heterocycles. The molecular weight excluding hydrogens is 348 g/mol. The number of aliphatic hydroxyl groups excluding tert-OH is 1. The van der Waals surface area contributed by atoms with Crippen molar-refractivity contribution in [2.45, 2.75) is 66.2 Å². The number of nitrogens with zero attached hydrogens (tertiary/aromatic N) is 4. The van der Waals surface area contributed by atoms with Crippen molar-refractivity contribution >= 4 is 0 Å². The van der Waals surface area contributed by atoms with Crippen LogP contribution in [0.15, 0.2) is 24.3 Å². The third kappa shape index (κ3) is 4.65. The van der Waals surface area contributed by atoms with Gasteiger partial charge in [0.15, 0.2) is 0 Å². The Morgan fingerprint density at radius 3 is 2.50 bits per heavy atom. The monoisotopic (exact) mass is 384 g/mol. The number of hydrogen-bond donors (Lipinski definition) is 1. The standard InChI is InChI=1S/C23H36N4O/c1-17(2)27-20(5)23(19(4)24-27)16-25-11-12-26(22(15-25)10-13-28)14-21-9-7-6-8-18(21)3/h6-9,17,22,28H,10-16H2,1-5H3. The summed E-state index contributed by atoms with van der Waals surface area (Å²) in [7, 11) is 0. The first-order valence-corrected chi connectivity index (χ1v) is 10.6. The van der Waals surface area contributed by atoms with Crippen molar-refractivity contribution in [1.29, 1.82) is 0 Å². The van der Waals surface area contributed by atoms with E-state index < -0.39 is 0 Å². The lowest BCUT2D eigenvalue weighted by molar-refractivity contribution is 0.0497. The molecule has 0 aliphatic carbocycles. The molecule has 1 aliphatic heterocycles. The van der Waals surface area contributed by atoms with Gasteiger partial charge in [-0.1, -0.05) is 24.3 Å². The maximum absolute atomic E-state index is 9.63. The van der Waals surface area contributed by atoms with Gasteiger partial charge in [-0.05, 0) is 52.2 Å². The van der Waals surface area contributed by atoms with Crippen LogP contribution in [-0.4, -0.2) is 57.0 Å². The van der Waals surface area contributed by atoms with E-state index in [-0.39, 0.29) is 6.61 Å². The fourth-order valence-corrected chi connectivity index (χ4v) is 4.39. The van der Waals surface area contributed by atoms with Crippen molar-refractivity contribution < 1.29 is 5.11 Å². The first-order valence-electron chi connectivity index (χ1n) is 10.6. The molecule has 1 N–H and O–H groups in total. The highest BCUT2D eigenvalue weighted by Crippen LogP contribution is 2.23. The summed E-state index contributed by atoms with van der Waals surface area (Å²) in [5.74, 6) is 0. The minimum absolute atomic E-state index is 0.242. The highest BCUT2D eigenvalue weighted by atomic mass is 16.3. The second-order valence-electron chi connectivity index (χ2n) is 8.49. The fraction of sp³-hybridized carbons (Fsp3) is 0.609. The Labute approximate surface area is 170 Å². The van der Waals surface area contributed by atoms with Crippen LogP contribution in [0.25, 0.3) is 0 Å². The Balaban J connectivity index is 1.70. The fourth-order valence-electron chi connectivity index (χ4n) is 4.39. The lowest BCUT2D eigenvalue weighted by Gasteiger charge is -2.41. The van der Waals surface area contributed by atoms with Crippen LogP contribution in [0.5, 0.6) is 0 Å². The lowest BCUT2D eigenvalue weighted by Crippen LogP contribution is -2.52. The van der Waals surface area contributed by atoms with Crippen molar-refractivity contribution in [3.8, 4) is 0 Å². The lowest BCUT2D eigenvalue weighted by atomic mass is 10.0. The van der Waals surface area contributed by atoms with E-state index in [1.807, 2.05) is 0 Å². The number of aromatic nitrogens is 2. The van der Waals surface area contributed by atoms with Crippen LogP contribution >= 0.6 is 0 Å². The molecule has 1 fully saturated rings. The van der Waals surface area contributed by atoms with Crippen molar-refractivity contribution in [2.24, 2.45) is 0 Å².